The van der Waals surface area contributed by atoms with Crippen LogP contribution in [0.1, 0.15) is 42.4 Å². The minimum Gasteiger partial charge on any atom is -0.356 e. The molecule has 0 aliphatic heterocycles. The standard InChI is InChI=1S/C22H27BrN2O2/c1-16-7-10-18(11-8-16)5-3-4-6-21(26)24-14-13-22(27)25-20-15-19(23)12-9-17(20)2/h7-12,15H,3-6,13-14H2,1-2H3,(H,24,26)(H,25,27). The van der Waals surface area contributed by atoms with Crippen molar-refractivity contribution in [3.05, 3.63) is 63.6 Å². The summed E-state index contributed by atoms with van der Waals surface area (Å²) in [4.78, 5) is 23.9. The molecule has 4 nitrogen and oxygen atoms in total. The first-order valence-electron chi connectivity index (χ1n) is 9.32. The summed E-state index contributed by atoms with van der Waals surface area (Å²) in [7, 11) is 0. The molecule has 2 N–H and O–H groups in total. The molecular weight excluding hydrogens is 404 g/mol. The summed E-state index contributed by atoms with van der Waals surface area (Å²) < 4.78 is 0.919. The van der Waals surface area contributed by atoms with Crippen molar-refractivity contribution in [1.29, 1.82) is 0 Å². The van der Waals surface area contributed by atoms with Crippen LogP contribution >= 0.6 is 15.9 Å². The lowest BCUT2D eigenvalue weighted by atomic mass is 10.1. The molecule has 5 heteroatoms. The highest BCUT2D eigenvalue weighted by molar-refractivity contribution is 9.10. The monoisotopic (exact) mass is 430 g/mol. The Hall–Kier alpha value is -2.14. The van der Waals surface area contributed by atoms with Crippen LogP contribution in [0.5, 0.6) is 0 Å². The molecule has 0 fully saturated rings. The number of aryl methyl sites for hydroxylation is 3. The smallest absolute Gasteiger partial charge is 0.226 e. The van der Waals surface area contributed by atoms with Gasteiger partial charge in [0, 0.05) is 29.5 Å². The van der Waals surface area contributed by atoms with Crippen LogP contribution in [0.2, 0.25) is 0 Å². The number of nitrogens with one attached hydrogen (secondary N) is 2. The maximum atomic E-state index is 12.0. The third-order valence-corrected chi connectivity index (χ3v) is 4.88. The average molecular weight is 431 g/mol. The highest BCUT2D eigenvalue weighted by atomic mass is 79.9. The molecule has 0 heterocycles. The van der Waals surface area contributed by atoms with Gasteiger partial charge in [-0.3, -0.25) is 9.59 Å². The molecule has 144 valence electrons. The van der Waals surface area contributed by atoms with Crippen molar-refractivity contribution in [2.45, 2.75) is 46.0 Å². The molecule has 0 unspecified atom stereocenters. The molecule has 0 radical (unpaired) electrons. The fourth-order valence-corrected chi connectivity index (χ4v) is 3.08. The Labute approximate surface area is 169 Å². The summed E-state index contributed by atoms with van der Waals surface area (Å²) in [5.74, 6) is -0.0961. The minimum absolute atomic E-state index is 0.00495. The van der Waals surface area contributed by atoms with Crippen molar-refractivity contribution >= 4 is 33.4 Å². The Balaban J connectivity index is 1.59. The number of rotatable bonds is 9. The Morgan fingerprint density at radius 1 is 0.926 bits per heavy atom. The number of anilines is 1. The number of amides is 2. The van der Waals surface area contributed by atoms with Gasteiger partial charge in [0.05, 0.1) is 0 Å². The molecule has 0 bridgehead atoms. The van der Waals surface area contributed by atoms with Crippen molar-refractivity contribution in [2.24, 2.45) is 0 Å². The predicted octanol–water partition coefficient (Wildman–Crippen LogP) is 4.92. The number of hydrogen-bond acceptors (Lipinski definition) is 2. The van der Waals surface area contributed by atoms with Gasteiger partial charge in [0.25, 0.3) is 0 Å². The van der Waals surface area contributed by atoms with Crippen LogP contribution in [-0.2, 0) is 16.0 Å². The molecule has 0 aromatic heterocycles. The maximum Gasteiger partial charge on any atom is 0.226 e. The number of hydrogen-bond donors (Lipinski definition) is 2. The van der Waals surface area contributed by atoms with Gasteiger partial charge in [0.2, 0.25) is 11.8 Å². The highest BCUT2D eigenvalue weighted by Gasteiger charge is 2.07. The van der Waals surface area contributed by atoms with Gasteiger partial charge in [0.1, 0.15) is 0 Å². The molecule has 2 aromatic carbocycles. The van der Waals surface area contributed by atoms with E-state index in [4.69, 9.17) is 0 Å². The fraction of sp³-hybridized carbons (Fsp3) is 0.364. The summed E-state index contributed by atoms with van der Waals surface area (Å²) in [5.41, 5.74) is 4.36. The van der Waals surface area contributed by atoms with E-state index >= 15 is 0 Å². The van der Waals surface area contributed by atoms with E-state index in [1.807, 2.05) is 25.1 Å². The second kappa shape index (κ2) is 10.9. The first-order chi connectivity index (χ1) is 12.9. The maximum absolute atomic E-state index is 12.0. The Morgan fingerprint density at radius 2 is 1.67 bits per heavy atom. The number of benzene rings is 2. The normalized spacial score (nSPS) is 10.5. The molecule has 0 aliphatic rings. The topological polar surface area (TPSA) is 58.2 Å². The minimum atomic E-state index is -0.101. The van der Waals surface area contributed by atoms with E-state index in [9.17, 15) is 9.59 Å². The summed E-state index contributed by atoms with van der Waals surface area (Å²) in [6.07, 6.45) is 3.59. The average Bonchev–Trinajstić information content (AvgIpc) is 2.63. The van der Waals surface area contributed by atoms with E-state index in [1.165, 1.54) is 11.1 Å². The Kier molecular flexibility index (Phi) is 8.52. The Morgan fingerprint density at radius 3 is 2.41 bits per heavy atom. The van der Waals surface area contributed by atoms with Crippen molar-refractivity contribution in [1.82, 2.24) is 5.32 Å². The predicted molar refractivity (Wildman–Crippen MR) is 114 cm³/mol. The fourth-order valence-electron chi connectivity index (χ4n) is 2.71. The lowest BCUT2D eigenvalue weighted by molar-refractivity contribution is -0.121. The molecule has 0 saturated heterocycles. The summed E-state index contributed by atoms with van der Waals surface area (Å²) >= 11 is 3.40. The van der Waals surface area contributed by atoms with Gasteiger partial charge in [-0.15, -0.1) is 0 Å². The summed E-state index contributed by atoms with van der Waals surface area (Å²) in [6, 6.07) is 14.3. The van der Waals surface area contributed by atoms with Gasteiger partial charge in [0.15, 0.2) is 0 Å². The van der Waals surface area contributed by atoms with Crippen LogP contribution in [-0.4, -0.2) is 18.4 Å². The SMILES string of the molecule is Cc1ccc(CCCCC(=O)NCCC(=O)Nc2cc(Br)ccc2C)cc1. The van der Waals surface area contributed by atoms with Crippen molar-refractivity contribution < 1.29 is 9.59 Å². The van der Waals surface area contributed by atoms with Gasteiger partial charge < -0.3 is 10.6 Å². The van der Waals surface area contributed by atoms with Crippen LogP contribution in [0, 0.1) is 13.8 Å². The van der Waals surface area contributed by atoms with Crippen LogP contribution in [0.4, 0.5) is 5.69 Å². The van der Waals surface area contributed by atoms with E-state index in [2.05, 4.69) is 57.8 Å². The number of halogens is 1. The zero-order valence-electron chi connectivity index (χ0n) is 16.0. The van der Waals surface area contributed by atoms with Crippen LogP contribution in [0.3, 0.4) is 0 Å². The zero-order chi connectivity index (χ0) is 19.6. The van der Waals surface area contributed by atoms with E-state index in [0.29, 0.717) is 13.0 Å². The molecular formula is C22H27BrN2O2. The third-order valence-electron chi connectivity index (χ3n) is 4.39. The first kappa shape index (κ1) is 21.2. The second-order valence-electron chi connectivity index (χ2n) is 6.80. The molecule has 0 saturated carbocycles. The molecule has 0 aliphatic carbocycles. The van der Waals surface area contributed by atoms with E-state index in [0.717, 1.165) is 35.0 Å². The van der Waals surface area contributed by atoms with E-state index in [1.54, 1.807) is 0 Å². The molecule has 27 heavy (non-hydrogen) atoms. The van der Waals surface area contributed by atoms with Gasteiger partial charge in [-0.05, 0) is 56.4 Å². The number of carbonyl (C=O) groups excluding carboxylic acids is 2. The van der Waals surface area contributed by atoms with E-state index < -0.39 is 0 Å². The third kappa shape index (κ3) is 7.95. The van der Waals surface area contributed by atoms with Crippen molar-refractivity contribution in [3.63, 3.8) is 0 Å². The molecule has 0 atom stereocenters. The van der Waals surface area contributed by atoms with E-state index in [-0.39, 0.29) is 18.2 Å². The molecule has 2 aromatic rings. The first-order valence-corrected chi connectivity index (χ1v) is 10.1. The largest absolute Gasteiger partial charge is 0.356 e. The lowest BCUT2D eigenvalue weighted by Gasteiger charge is -2.09. The number of carbonyl (C=O) groups is 2. The van der Waals surface area contributed by atoms with Crippen molar-refractivity contribution in [3.8, 4) is 0 Å². The van der Waals surface area contributed by atoms with Gasteiger partial charge in [-0.1, -0.05) is 51.8 Å². The summed E-state index contributed by atoms with van der Waals surface area (Å²) in [5, 5.41) is 5.70. The van der Waals surface area contributed by atoms with Gasteiger partial charge in [-0.25, -0.2) is 0 Å². The quantitative estimate of drug-likeness (QED) is 0.554. The molecule has 2 rings (SSSR count). The number of unbranched alkanes of at least 4 members (excludes halogenated alkanes) is 1. The second-order valence-corrected chi connectivity index (χ2v) is 7.72. The van der Waals surface area contributed by atoms with Gasteiger partial charge >= 0.3 is 0 Å². The van der Waals surface area contributed by atoms with Crippen molar-refractivity contribution in [2.75, 3.05) is 11.9 Å². The van der Waals surface area contributed by atoms with Gasteiger partial charge in [-0.2, -0.15) is 0 Å². The molecule has 0 spiro atoms. The zero-order valence-corrected chi connectivity index (χ0v) is 17.6. The van der Waals surface area contributed by atoms with Crippen LogP contribution < -0.4 is 10.6 Å². The molecule has 2 amide bonds. The Bertz CT molecular complexity index is 772. The summed E-state index contributed by atoms with van der Waals surface area (Å²) in [6.45, 7) is 4.38. The lowest BCUT2D eigenvalue weighted by Crippen LogP contribution is -2.27. The van der Waals surface area contributed by atoms with Crippen LogP contribution in [0.25, 0.3) is 0 Å². The van der Waals surface area contributed by atoms with Crippen LogP contribution in [0.15, 0.2) is 46.9 Å². The highest BCUT2D eigenvalue weighted by Crippen LogP contribution is 2.20.